The zero-order valence-electron chi connectivity index (χ0n) is 8.54. The normalized spacial score (nSPS) is 10.2. The van der Waals surface area contributed by atoms with Crippen molar-refractivity contribution in [2.75, 3.05) is 6.54 Å². The summed E-state index contributed by atoms with van der Waals surface area (Å²) in [6.07, 6.45) is 0. The second-order valence-electron chi connectivity index (χ2n) is 3.54. The van der Waals surface area contributed by atoms with Gasteiger partial charge in [0.1, 0.15) is 0 Å². The van der Waals surface area contributed by atoms with Gasteiger partial charge in [0.15, 0.2) is 0 Å². The van der Waals surface area contributed by atoms with E-state index < -0.39 is 0 Å². The lowest BCUT2D eigenvalue weighted by molar-refractivity contribution is 0.239. The highest BCUT2D eigenvalue weighted by Gasteiger charge is 2.01. The largest absolute Gasteiger partial charge is 0.338 e. The van der Waals surface area contributed by atoms with E-state index in [0.29, 0.717) is 12.5 Å². The minimum absolute atomic E-state index is 0.0906. The molecule has 0 spiro atoms. The van der Waals surface area contributed by atoms with Crippen LogP contribution in [-0.2, 0) is 6.54 Å². The van der Waals surface area contributed by atoms with Crippen LogP contribution in [0.3, 0.4) is 0 Å². The molecule has 2 N–H and O–H groups in total. The number of rotatable bonds is 4. The number of urea groups is 1. The zero-order valence-corrected chi connectivity index (χ0v) is 9.36. The molecule has 0 aliphatic heterocycles. The Morgan fingerprint density at radius 1 is 1.50 bits per heavy atom. The van der Waals surface area contributed by atoms with E-state index in [0.717, 1.165) is 6.54 Å². The summed E-state index contributed by atoms with van der Waals surface area (Å²) < 4.78 is 0. The van der Waals surface area contributed by atoms with Gasteiger partial charge in [0, 0.05) is 11.4 Å². The Kier molecular flexibility index (Phi) is 4.46. The van der Waals surface area contributed by atoms with E-state index in [1.165, 1.54) is 4.88 Å². The fourth-order valence-electron chi connectivity index (χ4n) is 0.940. The van der Waals surface area contributed by atoms with E-state index in [1.54, 1.807) is 11.3 Å². The van der Waals surface area contributed by atoms with Gasteiger partial charge in [-0.1, -0.05) is 19.9 Å². The number of amides is 2. The second kappa shape index (κ2) is 5.65. The molecule has 0 aliphatic rings. The highest BCUT2D eigenvalue weighted by atomic mass is 32.1. The van der Waals surface area contributed by atoms with Crippen molar-refractivity contribution < 1.29 is 4.79 Å². The van der Waals surface area contributed by atoms with Crippen molar-refractivity contribution in [2.24, 2.45) is 5.92 Å². The van der Waals surface area contributed by atoms with Crippen molar-refractivity contribution in [2.45, 2.75) is 20.4 Å². The number of carbonyl (C=O) groups excluding carboxylic acids is 1. The third kappa shape index (κ3) is 4.28. The predicted octanol–water partition coefficient (Wildman–Crippen LogP) is 2.20. The molecule has 0 aromatic carbocycles. The maximum atomic E-state index is 11.2. The monoisotopic (exact) mass is 212 g/mol. The second-order valence-corrected chi connectivity index (χ2v) is 4.57. The fourth-order valence-corrected chi connectivity index (χ4v) is 1.58. The number of hydrogen-bond donors (Lipinski definition) is 2. The van der Waals surface area contributed by atoms with E-state index in [1.807, 2.05) is 17.5 Å². The average molecular weight is 212 g/mol. The van der Waals surface area contributed by atoms with Gasteiger partial charge in [-0.25, -0.2) is 4.79 Å². The first-order chi connectivity index (χ1) is 6.68. The predicted molar refractivity (Wildman–Crippen MR) is 59.4 cm³/mol. The minimum atomic E-state index is -0.0906. The highest BCUT2D eigenvalue weighted by molar-refractivity contribution is 7.09. The Balaban J connectivity index is 2.15. The Labute approximate surface area is 88.5 Å². The summed E-state index contributed by atoms with van der Waals surface area (Å²) in [6.45, 7) is 5.47. The molecule has 14 heavy (non-hydrogen) atoms. The topological polar surface area (TPSA) is 41.1 Å². The molecule has 0 saturated carbocycles. The molecular weight excluding hydrogens is 196 g/mol. The third-order valence-electron chi connectivity index (χ3n) is 1.67. The summed E-state index contributed by atoms with van der Waals surface area (Å²) in [6, 6.07) is 3.90. The fraction of sp³-hybridized carbons (Fsp3) is 0.500. The molecule has 0 saturated heterocycles. The highest BCUT2D eigenvalue weighted by Crippen LogP contribution is 2.06. The van der Waals surface area contributed by atoms with Crippen molar-refractivity contribution in [3.8, 4) is 0 Å². The first-order valence-electron chi connectivity index (χ1n) is 4.72. The van der Waals surface area contributed by atoms with Gasteiger partial charge in [-0.05, 0) is 17.4 Å². The van der Waals surface area contributed by atoms with Gasteiger partial charge in [-0.2, -0.15) is 0 Å². The molecular formula is C10H16N2OS. The zero-order chi connectivity index (χ0) is 10.4. The van der Waals surface area contributed by atoms with Crippen LogP contribution < -0.4 is 10.6 Å². The van der Waals surface area contributed by atoms with Crippen LogP contribution in [0.4, 0.5) is 4.79 Å². The smallest absolute Gasteiger partial charge is 0.315 e. The van der Waals surface area contributed by atoms with Gasteiger partial charge in [0.2, 0.25) is 0 Å². The molecule has 0 bridgehead atoms. The molecule has 0 fully saturated rings. The summed E-state index contributed by atoms with van der Waals surface area (Å²) in [7, 11) is 0. The van der Waals surface area contributed by atoms with Crippen LogP contribution in [0.2, 0.25) is 0 Å². The maximum Gasteiger partial charge on any atom is 0.315 e. The Hall–Kier alpha value is -1.03. The molecule has 0 radical (unpaired) electrons. The number of hydrogen-bond acceptors (Lipinski definition) is 2. The molecule has 78 valence electrons. The lowest BCUT2D eigenvalue weighted by Crippen LogP contribution is -2.36. The standard InChI is InChI=1S/C10H16N2OS/c1-8(2)6-11-10(13)12-7-9-4-3-5-14-9/h3-5,8H,6-7H2,1-2H3,(H2,11,12,13). The van der Waals surface area contributed by atoms with Crippen LogP contribution in [0.1, 0.15) is 18.7 Å². The molecule has 1 rings (SSSR count). The van der Waals surface area contributed by atoms with Crippen molar-refractivity contribution in [3.05, 3.63) is 22.4 Å². The minimum Gasteiger partial charge on any atom is -0.338 e. The first kappa shape index (κ1) is 11.0. The van der Waals surface area contributed by atoms with Crippen molar-refractivity contribution in [1.82, 2.24) is 10.6 Å². The molecule has 2 amide bonds. The summed E-state index contributed by atoms with van der Waals surface area (Å²) in [5, 5.41) is 7.60. The molecule has 3 nitrogen and oxygen atoms in total. The lowest BCUT2D eigenvalue weighted by atomic mass is 10.2. The molecule has 0 aliphatic carbocycles. The van der Waals surface area contributed by atoms with Crippen LogP contribution in [-0.4, -0.2) is 12.6 Å². The van der Waals surface area contributed by atoms with Crippen LogP contribution >= 0.6 is 11.3 Å². The molecule has 1 heterocycles. The summed E-state index contributed by atoms with van der Waals surface area (Å²) in [4.78, 5) is 12.4. The van der Waals surface area contributed by atoms with Crippen LogP contribution in [0, 0.1) is 5.92 Å². The Morgan fingerprint density at radius 3 is 2.86 bits per heavy atom. The van der Waals surface area contributed by atoms with E-state index in [9.17, 15) is 4.79 Å². The van der Waals surface area contributed by atoms with E-state index in [-0.39, 0.29) is 6.03 Å². The van der Waals surface area contributed by atoms with Gasteiger partial charge in [0.25, 0.3) is 0 Å². The van der Waals surface area contributed by atoms with E-state index in [4.69, 9.17) is 0 Å². The Bertz CT molecular complexity index is 270. The van der Waals surface area contributed by atoms with Gasteiger partial charge in [-0.3, -0.25) is 0 Å². The molecule has 1 aromatic rings. The number of nitrogens with one attached hydrogen (secondary N) is 2. The van der Waals surface area contributed by atoms with Gasteiger partial charge in [0.05, 0.1) is 6.54 Å². The average Bonchev–Trinajstić information content (AvgIpc) is 2.63. The van der Waals surface area contributed by atoms with Crippen LogP contribution in [0.15, 0.2) is 17.5 Å². The molecule has 0 unspecified atom stereocenters. The number of thiophene rings is 1. The summed E-state index contributed by atoms with van der Waals surface area (Å²) in [5.74, 6) is 0.488. The van der Waals surface area contributed by atoms with E-state index in [2.05, 4.69) is 24.5 Å². The van der Waals surface area contributed by atoms with Crippen molar-refractivity contribution >= 4 is 17.4 Å². The van der Waals surface area contributed by atoms with Gasteiger partial charge in [-0.15, -0.1) is 11.3 Å². The molecule has 0 atom stereocenters. The molecule has 4 heteroatoms. The van der Waals surface area contributed by atoms with Gasteiger partial charge < -0.3 is 10.6 Å². The quantitative estimate of drug-likeness (QED) is 0.789. The van der Waals surface area contributed by atoms with Crippen LogP contribution in [0.25, 0.3) is 0 Å². The summed E-state index contributed by atoms with van der Waals surface area (Å²) >= 11 is 1.65. The summed E-state index contributed by atoms with van der Waals surface area (Å²) in [5.41, 5.74) is 0. The first-order valence-corrected chi connectivity index (χ1v) is 5.60. The van der Waals surface area contributed by atoms with Gasteiger partial charge >= 0.3 is 6.03 Å². The maximum absolute atomic E-state index is 11.2. The number of carbonyl (C=O) groups is 1. The van der Waals surface area contributed by atoms with Crippen molar-refractivity contribution in [1.29, 1.82) is 0 Å². The van der Waals surface area contributed by atoms with Crippen molar-refractivity contribution in [3.63, 3.8) is 0 Å². The van der Waals surface area contributed by atoms with Crippen LogP contribution in [0.5, 0.6) is 0 Å². The molecule has 1 aromatic heterocycles. The SMILES string of the molecule is CC(C)CNC(=O)NCc1cccs1. The van der Waals surface area contributed by atoms with E-state index >= 15 is 0 Å². The lowest BCUT2D eigenvalue weighted by Gasteiger charge is -2.08. The Morgan fingerprint density at radius 2 is 2.29 bits per heavy atom. The third-order valence-corrected chi connectivity index (χ3v) is 2.55.